The van der Waals surface area contributed by atoms with Crippen molar-refractivity contribution in [3.05, 3.63) is 52.8 Å². The molecule has 1 heterocycles. The Kier molecular flexibility index (Phi) is 6.02. The smallest absolute Gasteiger partial charge is 0.266 e. The molecule has 5 heteroatoms. The number of carbonyl (C=O) groups excluding carboxylic acids is 1. The molecule has 1 aromatic heterocycles. The molecule has 5 nitrogen and oxygen atoms in total. The van der Waals surface area contributed by atoms with Crippen molar-refractivity contribution in [3.8, 4) is 6.07 Å². The van der Waals surface area contributed by atoms with Gasteiger partial charge in [0.15, 0.2) is 5.88 Å². The molecule has 0 atom stereocenters. The maximum atomic E-state index is 12.4. The molecule has 0 aliphatic carbocycles. The number of amides is 1. The lowest BCUT2D eigenvalue weighted by atomic mass is 10.1. The predicted molar refractivity (Wildman–Crippen MR) is 100 cm³/mol. The molecule has 0 saturated carbocycles. The van der Waals surface area contributed by atoms with Crippen LogP contribution in [0.3, 0.4) is 0 Å². The zero-order valence-corrected chi connectivity index (χ0v) is 15.1. The molecule has 130 valence electrons. The lowest BCUT2D eigenvalue weighted by molar-refractivity contribution is -0.112. The Morgan fingerprint density at radius 1 is 1.24 bits per heavy atom. The van der Waals surface area contributed by atoms with E-state index in [0.29, 0.717) is 11.4 Å². The first-order valence-electron chi connectivity index (χ1n) is 8.33. The Hall–Kier alpha value is -3.00. The van der Waals surface area contributed by atoms with Gasteiger partial charge in [-0.25, -0.2) is 0 Å². The Morgan fingerprint density at radius 2 is 1.96 bits per heavy atom. The minimum atomic E-state index is -0.449. The fourth-order valence-corrected chi connectivity index (χ4v) is 2.56. The monoisotopic (exact) mass is 337 g/mol. The third kappa shape index (κ3) is 4.51. The number of rotatable bonds is 6. The first-order valence-corrected chi connectivity index (χ1v) is 8.33. The van der Waals surface area contributed by atoms with Crippen molar-refractivity contribution in [2.24, 2.45) is 0 Å². The largest absolute Gasteiger partial charge is 0.441 e. The van der Waals surface area contributed by atoms with Crippen molar-refractivity contribution in [2.45, 2.75) is 27.7 Å². The topological polar surface area (TPSA) is 69.3 Å². The summed E-state index contributed by atoms with van der Waals surface area (Å²) >= 11 is 0. The van der Waals surface area contributed by atoms with Crippen LogP contribution in [0.15, 0.2) is 40.3 Å². The Balaban J connectivity index is 2.19. The molecule has 2 rings (SSSR count). The number of furan rings is 1. The molecular weight excluding hydrogens is 314 g/mol. The minimum Gasteiger partial charge on any atom is -0.441 e. The number of hydrogen-bond acceptors (Lipinski definition) is 4. The number of nitrogens with zero attached hydrogens (tertiary/aromatic N) is 2. The van der Waals surface area contributed by atoms with Gasteiger partial charge in [0, 0.05) is 30.9 Å². The number of carbonyl (C=O) groups is 1. The average molecular weight is 337 g/mol. The molecule has 0 radical (unpaired) electrons. The fourth-order valence-electron chi connectivity index (χ4n) is 2.56. The average Bonchev–Trinajstić information content (AvgIpc) is 3.04. The Bertz CT molecular complexity index is 824. The second-order valence-electron chi connectivity index (χ2n) is 5.79. The number of anilines is 2. The zero-order valence-electron chi connectivity index (χ0n) is 15.1. The Morgan fingerprint density at radius 3 is 2.56 bits per heavy atom. The van der Waals surface area contributed by atoms with Crippen molar-refractivity contribution < 1.29 is 9.21 Å². The van der Waals surface area contributed by atoms with Crippen molar-refractivity contribution in [2.75, 3.05) is 23.3 Å². The molecule has 0 aliphatic heterocycles. The van der Waals surface area contributed by atoms with E-state index in [4.69, 9.17) is 4.42 Å². The van der Waals surface area contributed by atoms with Crippen LogP contribution < -0.4 is 10.2 Å². The summed E-state index contributed by atoms with van der Waals surface area (Å²) in [6, 6.07) is 11.3. The van der Waals surface area contributed by atoms with Gasteiger partial charge in [0.1, 0.15) is 17.4 Å². The van der Waals surface area contributed by atoms with E-state index in [1.807, 2.05) is 58.0 Å². The normalized spacial score (nSPS) is 11.1. The van der Waals surface area contributed by atoms with Crippen LogP contribution in [0.25, 0.3) is 6.08 Å². The van der Waals surface area contributed by atoms with Gasteiger partial charge in [0.05, 0.1) is 0 Å². The summed E-state index contributed by atoms with van der Waals surface area (Å²) in [4.78, 5) is 14.4. The van der Waals surface area contributed by atoms with Crippen molar-refractivity contribution in [1.29, 1.82) is 5.26 Å². The number of nitrogens with one attached hydrogen (secondary N) is 1. The van der Waals surface area contributed by atoms with Gasteiger partial charge in [-0.1, -0.05) is 17.7 Å². The summed E-state index contributed by atoms with van der Waals surface area (Å²) in [5.74, 6) is 0.757. The van der Waals surface area contributed by atoms with Gasteiger partial charge in [0.25, 0.3) is 5.91 Å². The van der Waals surface area contributed by atoms with E-state index in [2.05, 4.69) is 10.2 Å². The molecule has 0 spiro atoms. The quantitative estimate of drug-likeness (QED) is 0.630. The molecule has 0 unspecified atom stereocenters. The second kappa shape index (κ2) is 8.20. The van der Waals surface area contributed by atoms with Gasteiger partial charge in [-0.3, -0.25) is 4.79 Å². The standard InChI is InChI=1S/C20H23N3O2/c1-5-23(6-2)19-10-8-17(25-19)12-16(13-21)20(24)22-18-9-7-14(3)11-15(18)4/h7-12H,5-6H2,1-4H3,(H,22,24)/b16-12-. The van der Waals surface area contributed by atoms with Crippen LogP contribution in [0.1, 0.15) is 30.7 Å². The number of benzene rings is 1. The molecule has 0 aliphatic rings. The zero-order chi connectivity index (χ0) is 18.4. The molecule has 0 saturated heterocycles. The summed E-state index contributed by atoms with van der Waals surface area (Å²) < 4.78 is 5.72. The van der Waals surface area contributed by atoms with Crippen LogP contribution in [-0.4, -0.2) is 19.0 Å². The highest BCUT2D eigenvalue weighted by Gasteiger charge is 2.13. The third-order valence-corrected chi connectivity index (χ3v) is 3.97. The van der Waals surface area contributed by atoms with Gasteiger partial charge >= 0.3 is 0 Å². The van der Waals surface area contributed by atoms with E-state index in [9.17, 15) is 10.1 Å². The van der Waals surface area contributed by atoms with E-state index in [1.165, 1.54) is 6.08 Å². The lowest BCUT2D eigenvalue weighted by Gasteiger charge is -2.16. The number of hydrogen-bond donors (Lipinski definition) is 1. The summed E-state index contributed by atoms with van der Waals surface area (Å²) in [5.41, 5.74) is 2.76. The predicted octanol–water partition coefficient (Wildman–Crippen LogP) is 4.29. The molecule has 25 heavy (non-hydrogen) atoms. The first kappa shape index (κ1) is 18.3. The first-order chi connectivity index (χ1) is 12.0. The van der Waals surface area contributed by atoms with Gasteiger partial charge in [0.2, 0.25) is 0 Å². The maximum Gasteiger partial charge on any atom is 0.266 e. The molecule has 1 amide bonds. The van der Waals surface area contributed by atoms with Crippen LogP contribution in [0.2, 0.25) is 0 Å². The third-order valence-electron chi connectivity index (χ3n) is 3.97. The van der Waals surface area contributed by atoms with Gasteiger partial charge in [-0.15, -0.1) is 0 Å². The summed E-state index contributed by atoms with van der Waals surface area (Å²) in [5, 5.41) is 12.1. The van der Waals surface area contributed by atoms with Crippen molar-refractivity contribution >= 4 is 23.6 Å². The van der Waals surface area contributed by atoms with E-state index in [-0.39, 0.29) is 5.57 Å². The van der Waals surface area contributed by atoms with Crippen molar-refractivity contribution in [3.63, 3.8) is 0 Å². The highest BCUT2D eigenvalue weighted by Crippen LogP contribution is 2.21. The van der Waals surface area contributed by atoms with E-state index in [0.717, 1.165) is 30.1 Å². The molecule has 2 aromatic rings. The van der Waals surface area contributed by atoms with Crippen LogP contribution in [0.5, 0.6) is 0 Å². The van der Waals surface area contributed by atoms with Gasteiger partial charge in [-0.2, -0.15) is 5.26 Å². The van der Waals surface area contributed by atoms with Gasteiger partial charge in [-0.05, 0) is 45.4 Å². The second-order valence-corrected chi connectivity index (χ2v) is 5.79. The number of nitriles is 1. The fraction of sp³-hybridized carbons (Fsp3) is 0.300. The van der Waals surface area contributed by atoms with Gasteiger partial charge < -0.3 is 14.6 Å². The highest BCUT2D eigenvalue weighted by atomic mass is 16.4. The highest BCUT2D eigenvalue weighted by molar-refractivity contribution is 6.09. The van der Waals surface area contributed by atoms with E-state index in [1.54, 1.807) is 6.07 Å². The molecule has 0 fully saturated rings. The summed E-state index contributed by atoms with van der Waals surface area (Å²) in [6.45, 7) is 9.64. The number of aryl methyl sites for hydroxylation is 2. The Labute approximate surface area is 148 Å². The molecule has 0 bridgehead atoms. The molecule has 1 aromatic carbocycles. The van der Waals surface area contributed by atoms with Crippen LogP contribution in [0.4, 0.5) is 11.6 Å². The van der Waals surface area contributed by atoms with E-state index >= 15 is 0 Å². The van der Waals surface area contributed by atoms with Crippen LogP contribution >= 0.6 is 0 Å². The summed E-state index contributed by atoms with van der Waals surface area (Å²) in [6.07, 6.45) is 1.46. The van der Waals surface area contributed by atoms with Crippen LogP contribution in [-0.2, 0) is 4.79 Å². The van der Waals surface area contributed by atoms with Crippen LogP contribution in [0, 0.1) is 25.2 Å². The molecular formula is C20H23N3O2. The lowest BCUT2D eigenvalue weighted by Crippen LogP contribution is -2.20. The SMILES string of the molecule is CCN(CC)c1ccc(/C=C(/C#N)C(=O)Nc2ccc(C)cc2C)o1. The molecule has 1 N–H and O–H groups in total. The maximum absolute atomic E-state index is 12.4. The van der Waals surface area contributed by atoms with Crippen molar-refractivity contribution in [1.82, 2.24) is 0 Å². The summed E-state index contributed by atoms with van der Waals surface area (Å²) in [7, 11) is 0. The minimum absolute atomic E-state index is 0.000391. The van der Waals surface area contributed by atoms with E-state index < -0.39 is 5.91 Å².